The summed E-state index contributed by atoms with van der Waals surface area (Å²) in [6.45, 7) is 0.707. The molecular weight excluding hydrogens is 256 g/mol. The SMILES string of the molecule is COc1cc2c(cc1OC)-c1c(C#N)nc(N)n1CC2. The summed E-state index contributed by atoms with van der Waals surface area (Å²) in [5.74, 6) is 1.69. The number of nitrogen functional groups attached to an aromatic ring is 1. The summed E-state index contributed by atoms with van der Waals surface area (Å²) in [7, 11) is 3.19. The molecule has 1 aliphatic rings. The van der Waals surface area contributed by atoms with Gasteiger partial charge < -0.3 is 19.8 Å². The van der Waals surface area contributed by atoms with Crippen LogP contribution in [0, 0.1) is 11.3 Å². The molecule has 0 spiro atoms. The number of fused-ring (bicyclic) bond motifs is 3. The number of methoxy groups -OCH3 is 2. The predicted molar refractivity (Wildman–Crippen MR) is 73.6 cm³/mol. The normalized spacial score (nSPS) is 12.2. The molecule has 0 atom stereocenters. The highest BCUT2D eigenvalue weighted by Gasteiger charge is 2.25. The maximum absolute atomic E-state index is 9.22. The Balaban J connectivity index is 2.28. The van der Waals surface area contributed by atoms with E-state index in [1.165, 1.54) is 0 Å². The van der Waals surface area contributed by atoms with Crippen molar-refractivity contribution in [2.75, 3.05) is 20.0 Å². The number of hydrogen-bond donors (Lipinski definition) is 1. The van der Waals surface area contributed by atoms with E-state index < -0.39 is 0 Å². The monoisotopic (exact) mass is 270 g/mol. The van der Waals surface area contributed by atoms with Crippen LogP contribution >= 0.6 is 0 Å². The third-order valence-corrected chi connectivity index (χ3v) is 3.57. The Labute approximate surface area is 116 Å². The number of hydrogen-bond acceptors (Lipinski definition) is 5. The third kappa shape index (κ3) is 1.60. The number of aromatic nitrogens is 2. The number of benzene rings is 1. The molecule has 6 nitrogen and oxygen atoms in total. The van der Waals surface area contributed by atoms with Crippen LogP contribution in [0.15, 0.2) is 12.1 Å². The van der Waals surface area contributed by atoms with Crippen molar-refractivity contribution < 1.29 is 9.47 Å². The minimum absolute atomic E-state index is 0.343. The van der Waals surface area contributed by atoms with Gasteiger partial charge in [0.2, 0.25) is 5.95 Å². The molecule has 0 fully saturated rings. The summed E-state index contributed by atoms with van der Waals surface area (Å²) in [5, 5.41) is 9.22. The number of aryl methyl sites for hydroxylation is 1. The Morgan fingerprint density at radius 3 is 2.65 bits per heavy atom. The summed E-state index contributed by atoms with van der Waals surface area (Å²) in [6, 6.07) is 5.92. The van der Waals surface area contributed by atoms with Gasteiger partial charge in [0, 0.05) is 12.1 Å². The smallest absolute Gasteiger partial charge is 0.201 e. The van der Waals surface area contributed by atoms with E-state index in [9.17, 15) is 5.26 Å². The lowest BCUT2D eigenvalue weighted by atomic mass is 9.96. The number of ether oxygens (including phenoxy) is 2. The largest absolute Gasteiger partial charge is 0.493 e. The van der Waals surface area contributed by atoms with Gasteiger partial charge in [0.15, 0.2) is 17.2 Å². The summed E-state index contributed by atoms with van der Waals surface area (Å²) >= 11 is 0. The van der Waals surface area contributed by atoms with Gasteiger partial charge in [-0.2, -0.15) is 5.26 Å². The maximum atomic E-state index is 9.22. The van der Waals surface area contributed by atoms with Gasteiger partial charge in [-0.1, -0.05) is 0 Å². The van der Waals surface area contributed by atoms with Crippen molar-refractivity contribution in [2.24, 2.45) is 0 Å². The molecule has 1 aromatic heterocycles. The van der Waals surface area contributed by atoms with Crippen LogP contribution in [0.1, 0.15) is 11.3 Å². The fourth-order valence-electron chi connectivity index (χ4n) is 2.63. The zero-order valence-electron chi connectivity index (χ0n) is 11.3. The lowest BCUT2D eigenvalue weighted by molar-refractivity contribution is 0.354. The van der Waals surface area contributed by atoms with Crippen LogP contribution in [0.3, 0.4) is 0 Å². The van der Waals surface area contributed by atoms with Gasteiger partial charge in [-0.3, -0.25) is 0 Å². The van der Waals surface area contributed by atoms with E-state index in [1.807, 2.05) is 16.7 Å². The number of anilines is 1. The molecule has 1 aliphatic heterocycles. The number of nitrogens with zero attached hydrogens (tertiary/aromatic N) is 3. The molecule has 3 rings (SSSR count). The van der Waals surface area contributed by atoms with Crippen LogP contribution in [-0.4, -0.2) is 23.8 Å². The molecule has 0 unspecified atom stereocenters. The van der Waals surface area contributed by atoms with Crippen molar-refractivity contribution in [2.45, 2.75) is 13.0 Å². The van der Waals surface area contributed by atoms with Gasteiger partial charge in [0.1, 0.15) is 6.07 Å². The van der Waals surface area contributed by atoms with E-state index in [1.54, 1.807) is 14.2 Å². The second-order valence-electron chi connectivity index (χ2n) is 4.54. The van der Waals surface area contributed by atoms with Gasteiger partial charge in [-0.25, -0.2) is 4.98 Å². The van der Waals surface area contributed by atoms with Gasteiger partial charge in [0.25, 0.3) is 0 Å². The van der Waals surface area contributed by atoms with Crippen LogP contribution in [-0.2, 0) is 13.0 Å². The van der Waals surface area contributed by atoms with Gasteiger partial charge in [-0.15, -0.1) is 0 Å². The first-order chi connectivity index (χ1) is 9.69. The van der Waals surface area contributed by atoms with Crippen LogP contribution in [0.2, 0.25) is 0 Å². The molecule has 0 bridgehead atoms. The molecule has 0 amide bonds. The van der Waals surface area contributed by atoms with Crippen molar-refractivity contribution in [1.82, 2.24) is 9.55 Å². The second kappa shape index (κ2) is 4.46. The van der Waals surface area contributed by atoms with E-state index in [4.69, 9.17) is 15.2 Å². The van der Waals surface area contributed by atoms with Crippen molar-refractivity contribution in [3.05, 3.63) is 23.4 Å². The highest BCUT2D eigenvalue weighted by atomic mass is 16.5. The average Bonchev–Trinajstić information content (AvgIpc) is 2.82. The summed E-state index contributed by atoms with van der Waals surface area (Å²) in [5.41, 5.74) is 9.00. The van der Waals surface area contributed by atoms with Crippen LogP contribution in [0.5, 0.6) is 11.5 Å². The van der Waals surface area contributed by atoms with Crippen LogP contribution < -0.4 is 15.2 Å². The molecule has 6 heteroatoms. The van der Waals surface area contributed by atoms with E-state index in [0.717, 1.165) is 23.2 Å². The highest BCUT2D eigenvalue weighted by molar-refractivity contribution is 5.75. The number of rotatable bonds is 2. The Morgan fingerprint density at radius 1 is 1.30 bits per heavy atom. The van der Waals surface area contributed by atoms with Gasteiger partial charge in [-0.05, 0) is 24.1 Å². The number of imidazole rings is 1. The fraction of sp³-hybridized carbons (Fsp3) is 0.286. The fourth-order valence-corrected chi connectivity index (χ4v) is 2.63. The molecule has 2 N–H and O–H groups in total. The maximum Gasteiger partial charge on any atom is 0.201 e. The molecule has 2 aromatic rings. The molecule has 0 radical (unpaired) electrons. The zero-order chi connectivity index (χ0) is 14.3. The van der Waals surface area contributed by atoms with Crippen LogP contribution in [0.25, 0.3) is 11.3 Å². The molecule has 0 saturated heterocycles. The summed E-state index contributed by atoms with van der Waals surface area (Å²) in [6.07, 6.45) is 0.814. The zero-order valence-corrected chi connectivity index (χ0v) is 11.3. The summed E-state index contributed by atoms with van der Waals surface area (Å²) in [4.78, 5) is 4.12. The molecule has 0 saturated carbocycles. The Hall–Kier alpha value is -2.68. The van der Waals surface area contributed by atoms with E-state index in [0.29, 0.717) is 29.7 Å². The van der Waals surface area contributed by atoms with E-state index >= 15 is 0 Å². The van der Waals surface area contributed by atoms with E-state index in [-0.39, 0.29) is 0 Å². The van der Waals surface area contributed by atoms with Gasteiger partial charge in [0.05, 0.1) is 19.9 Å². The minimum atomic E-state index is 0.343. The first-order valence-electron chi connectivity index (χ1n) is 6.21. The Bertz CT molecular complexity index is 728. The predicted octanol–water partition coefficient (Wildman–Crippen LogP) is 1.58. The quantitative estimate of drug-likeness (QED) is 0.895. The molecular formula is C14H14N4O2. The van der Waals surface area contributed by atoms with Crippen LogP contribution in [0.4, 0.5) is 5.95 Å². The van der Waals surface area contributed by atoms with E-state index in [2.05, 4.69) is 11.1 Å². The second-order valence-corrected chi connectivity index (χ2v) is 4.54. The molecule has 2 heterocycles. The highest BCUT2D eigenvalue weighted by Crippen LogP contribution is 2.40. The average molecular weight is 270 g/mol. The van der Waals surface area contributed by atoms with Gasteiger partial charge >= 0.3 is 0 Å². The van der Waals surface area contributed by atoms with Crippen molar-refractivity contribution in [3.8, 4) is 28.8 Å². The van der Waals surface area contributed by atoms with Crippen molar-refractivity contribution in [3.63, 3.8) is 0 Å². The lowest BCUT2D eigenvalue weighted by Crippen LogP contribution is -2.13. The molecule has 1 aromatic carbocycles. The Morgan fingerprint density at radius 2 is 2.00 bits per heavy atom. The molecule has 20 heavy (non-hydrogen) atoms. The minimum Gasteiger partial charge on any atom is -0.493 e. The standard InChI is InChI=1S/C14H14N4O2/c1-19-11-5-8-3-4-18-13(9(8)6-12(11)20-2)10(7-15)17-14(18)16/h5-6H,3-4H2,1-2H3,(H2,16,17). The first kappa shape index (κ1) is 12.4. The molecule has 102 valence electrons. The Kier molecular flexibility index (Phi) is 2.75. The molecule has 0 aliphatic carbocycles. The summed E-state index contributed by atoms with van der Waals surface area (Å²) < 4.78 is 12.5. The lowest BCUT2D eigenvalue weighted by Gasteiger charge is -2.21. The third-order valence-electron chi connectivity index (χ3n) is 3.57. The first-order valence-corrected chi connectivity index (χ1v) is 6.21. The topological polar surface area (TPSA) is 86.1 Å². The van der Waals surface area contributed by atoms with Crippen molar-refractivity contribution >= 4 is 5.95 Å². The number of nitriles is 1. The number of nitrogens with two attached hydrogens (primary N) is 1. The van der Waals surface area contributed by atoms with Crippen molar-refractivity contribution in [1.29, 1.82) is 5.26 Å².